The molecule has 3 unspecified atom stereocenters. The van der Waals surface area contributed by atoms with Gasteiger partial charge in [-0.2, -0.15) is 0 Å². The highest BCUT2D eigenvalue weighted by Crippen LogP contribution is 2.29. The van der Waals surface area contributed by atoms with Crippen LogP contribution in [0.2, 0.25) is 0 Å². The molecule has 2 saturated heterocycles. The van der Waals surface area contributed by atoms with E-state index >= 15 is 0 Å². The minimum atomic E-state index is -3.00. The van der Waals surface area contributed by atoms with E-state index in [4.69, 9.17) is 37.9 Å². The van der Waals surface area contributed by atoms with E-state index in [2.05, 4.69) is 10.3 Å². The van der Waals surface area contributed by atoms with E-state index in [1.165, 1.54) is 29.7 Å². The normalized spacial score (nSPS) is 16.3. The maximum absolute atomic E-state index is 14.1. The maximum Gasteiger partial charge on any atom is 0.518 e. The highest BCUT2D eigenvalue weighted by molar-refractivity contribution is 7.39. The number of unbranched alkanes of at least 4 members (excludes halogenated alkanes) is 1. The zero-order chi connectivity index (χ0) is 39.7. The summed E-state index contributed by atoms with van der Waals surface area (Å²) >= 11 is 0. The Hall–Kier alpha value is -5.13. The molecular weight excluding hydrogens is 743 g/mol. The molecule has 1 aromatic carbocycles. The van der Waals surface area contributed by atoms with Crippen LogP contribution in [0.3, 0.4) is 0 Å². The van der Waals surface area contributed by atoms with Gasteiger partial charge in [-0.05, 0) is 31.3 Å². The zero-order valence-electron chi connectivity index (χ0n) is 31.4. The van der Waals surface area contributed by atoms with Crippen molar-refractivity contribution < 1.29 is 61.5 Å². The molecule has 19 nitrogen and oxygen atoms in total. The Kier molecular flexibility index (Phi) is 16.8. The lowest BCUT2D eigenvalue weighted by molar-refractivity contribution is -0.199. The summed E-state index contributed by atoms with van der Waals surface area (Å²) in [6.45, 7) is 4.50. The summed E-state index contributed by atoms with van der Waals surface area (Å²) < 4.78 is 48.6. The number of hydrogen-bond donors (Lipinski definition) is 1. The lowest BCUT2D eigenvalue weighted by Crippen LogP contribution is -2.56. The molecule has 300 valence electrons. The van der Waals surface area contributed by atoms with Crippen LogP contribution >= 0.6 is 8.03 Å². The van der Waals surface area contributed by atoms with Gasteiger partial charge in [0.1, 0.15) is 11.5 Å². The second-order valence-electron chi connectivity index (χ2n) is 12.2. The Morgan fingerprint density at radius 1 is 0.891 bits per heavy atom. The minimum Gasteiger partial charge on any atom is -0.449 e. The van der Waals surface area contributed by atoms with Gasteiger partial charge in [0.2, 0.25) is 12.1 Å². The smallest absolute Gasteiger partial charge is 0.449 e. The molecule has 3 amide bonds. The summed E-state index contributed by atoms with van der Waals surface area (Å²) in [6, 6.07) is 9.04. The summed E-state index contributed by atoms with van der Waals surface area (Å²) in [6.07, 6.45) is -1.46. The molecule has 1 N–H and O–H groups in total. The van der Waals surface area contributed by atoms with Crippen LogP contribution in [0.15, 0.2) is 36.4 Å². The van der Waals surface area contributed by atoms with Crippen LogP contribution in [-0.2, 0) is 42.3 Å². The van der Waals surface area contributed by atoms with Crippen LogP contribution in [0.25, 0.3) is 11.4 Å². The standard InChI is InChI=1S/C35H47N6O13P/c1-5-8-20-51-32(44)40-18-16-39(17-19-40)31(43)27(23-55(47)54-35(52-33(45)49-6-2)53-34(46)50-7-3)37-30(42)26-21-28(41-15-14-25(22-41)48-4)38-29(36-26)24-12-10-9-11-13-24/h9-13,21,25,27,35H,5-8,14-20,22-23H2,1-4H3/p+1. The fraction of sp³-hybridized carbons (Fsp3) is 0.571. The van der Waals surface area contributed by atoms with Gasteiger partial charge in [0.15, 0.2) is 11.9 Å². The lowest BCUT2D eigenvalue weighted by atomic mass is 10.2. The number of carbonyl (C=O) groups excluding carboxylic acids is 5. The number of anilines is 1. The van der Waals surface area contributed by atoms with E-state index in [-0.39, 0.29) is 63.6 Å². The van der Waals surface area contributed by atoms with Gasteiger partial charge >= 0.3 is 32.9 Å². The third kappa shape index (κ3) is 13.0. The van der Waals surface area contributed by atoms with Crippen LogP contribution in [0.5, 0.6) is 0 Å². The molecular formula is C35H48N6O13P+. The van der Waals surface area contributed by atoms with Gasteiger partial charge in [-0.1, -0.05) is 48.2 Å². The highest BCUT2D eigenvalue weighted by Gasteiger charge is 2.40. The predicted molar refractivity (Wildman–Crippen MR) is 194 cm³/mol. The highest BCUT2D eigenvalue weighted by atomic mass is 31.1. The van der Waals surface area contributed by atoms with E-state index < -0.39 is 56.9 Å². The monoisotopic (exact) mass is 791 g/mol. The number of nitrogens with zero attached hydrogens (tertiary/aromatic N) is 5. The molecule has 1 aromatic heterocycles. The Morgan fingerprint density at radius 2 is 1.55 bits per heavy atom. The molecule has 3 atom stereocenters. The second kappa shape index (κ2) is 21.7. The third-order valence-electron chi connectivity index (χ3n) is 8.40. The van der Waals surface area contributed by atoms with Crippen LogP contribution in [0, 0.1) is 0 Å². The molecule has 55 heavy (non-hydrogen) atoms. The molecule has 2 aliphatic rings. The van der Waals surface area contributed by atoms with Crippen molar-refractivity contribution in [2.45, 2.75) is 58.7 Å². The zero-order valence-corrected chi connectivity index (χ0v) is 32.3. The second-order valence-corrected chi connectivity index (χ2v) is 13.5. The van der Waals surface area contributed by atoms with Gasteiger partial charge in [-0.25, -0.2) is 24.4 Å². The number of methoxy groups -OCH3 is 1. The van der Waals surface area contributed by atoms with Gasteiger partial charge in [0.25, 0.3) is 5.91 Å². The number of benzene rings is 1. The Balaban J connectivity index is 1.58. The molecule has 3 heterocycles. The maximum atomic E-state index is 14.1. The van der Waals surface area contributed by atoms with Crippen molar-refractivity contribution >= 4 is 44.1 Å². The molecule has 0 bridgehead atoms. The van der Waals surface area contributed by atoms with Gasteiger partial charge < -0.3 is 48.4 Å². The number of rotatable bonds is 17. The van der Waals surface area contributed by atoms with Gasteiger partial charge in [-0.3, -0.25) is 9.59 Å². The van der Waals surface area contributed by atoms with Crippen LogP contribution in [0.1, 0.15) is 50.5 Å². The fourth-order valence-corrected chi connectivity index (χ4v) is 6.43. The Labute approximate surface area is 319 Å². The number of nitrogens with one attached hydrogen (secondary N) is 1. The summed E-state index contributed by atoms with van der Waals surface area (Å²) in [5.41, 5.74) is 0.567. The Bertz CT molecular complexity index is 1610. The van der Waals surface area contributed by atoms with Gasteiger partial charge in [0.05, 0.1) is 25.9 Å². The molecule has 0 radical (unpaired) electrons. The number of aromatic nitrogens is 2. The van der Waals surface area contributed by atoms with Crippen LogP contribution in [-0.4, -0.2) is 141 Å². The minimum absolute atomic E-state index is 0.0335. The van der Waals surface area contributed by atoms with Crippen molar-refractivity contribution in [2.75, 3.05) is 77.3 Å². The first-order chi connectivity index (χ1) is 26.5. The first-order valence-corrected chi connectivity index (χ1v) is 19.4. The number of ether oxygens (including phenoxy) is 6. The number of amides is 3. The molecule has 0 saturated carbocycles. The predicted octanol–water partition coefficient (Wildman–Crippen LogP) is 3.94. The molecule has 0 spiro atoms. The van der Waals surface area contributed by atoms with Crippen molar-refractivity contribution in [3.05, 3.63) is 42.1 Å². The lowest BCUT2D eigenvalue weighted by Gasteiger charge is -2.35. The first-order valence-electron chi connectivity index (χ1n) is 18.1. The van der Waals surface area contributed by atoms with Crippen LogP contribution < -0.4 is 10.2 Å². The molecule has 2 fully saturated rings. The van der Waals surface area contributed by atoms with Crippen LogP contribution in [0.4, 0.5) is 20.2 Å². The fourth-order valence-electron chi connectivity index (χ4n) is 5.52. The first kappa shape index (κ1) is 42.6. The average Bonchev–Trinajstić information content (AvgIpc) is 3.67. The summed E-state index contributed by atoms with van der Waals surface area (Å²) in [5.74, 6) is -0.704. The number of piperazine rings is 1. The molecule has 0 aliphatic carbocycles. The SMILES string of the molecule is CCCCOC(=O)N1CCN(C(=O)C(C[P+](=O)OC(OC(=O)OCC)OC(=O)OCC)NC(=O)c2cc(N3CCC(OC)C3)nc(-c3ccccc3)n2)CC1. The van der Waals surface area contributed by atoms with E-state index in [0.29, 0.717) is 30.9 Å². The van der Waals surface area contributed by atoms with E-state index in [0.717, 1.165) is 12.8 Å². The van der Waals surface area contributed by atoms with E-state index in [1.807, 2.05) is 30.0 Å². The summed E-state index contributed by atoms with van der Waals surface area (Å²) in [4.78, 5) is 78.7. The molecule has 2 aliphatic heterocycles. The van der Waals surface area contributed by atoms with Gasteiger partial charge in [0, 0.05) is 58.0 Å². The molecule has 2 aromatic rings. The number of carbonyl (C=O) groups is 5. The molecule has 20 heteroatoms. The molecule has 4 rings (SSSR count). The van der Waals surface area contributed by atoms with Crippen molar-refractivity contribution in [3.63, 3.8) is 0 Å². The third-order valence-corrected chi connectivity index (χ3v) is 9.47. The number of hydrogen-bond acceptors (Lipinski definition) is 16. The van der Waals surface area contributed by atoms with Crippen molar-refractivity contribution in [3.8, 4) is 11.4 Å². The summed E-state index contributed by atoms with van der Waals surface area (Å²) in [5, 5.41) is 2.64. The largest absolute Gasteiger partial charge is 0.518 e. The summed E-state index contributed by atoms with van der Waals surface area (Å²) in [7, 11) is -1.37. The topological polar surface area (TPSA) is 215 Å². The van der Waals surface area contributed by atoms with Crippen molar-refractivity contribution in [1.29, 1.82) is 0 Å². The van der Waals surface area contributed by atoms with Gasteiger partial charge in [-0.15, -0.1) is 0 Å². The van der Waals surface area contributed by atoms with E-state index in [9.17, 15) is 28.5 Å². The average molecular weight is 792 g/mol. The van der Waals surface area contributed by atoms with E-state index in [1.54, 1.807) is 19.2 Å². The Morgan fingerprint density at radius 3 is 2.15 bits per heavy atom. The quantitative estimate of drug-likeness (QED) is 0.0790. The van der Waals surface area contributed by atoms with Crippen molar-refractivity contribution in [1.82, 2.24) is 25.1 Å². The van der Waals surface area contributed by atoms with Crippen molar-refractivity contribution in [2.24, 2.45) is 0 Å².